The first-order valence-electron chi connectivity index (χ1n) is 8.32. The van der Waals surface area contributed by atoms with Crippen LogP contribution in [0.2, 0.25) is 0 Å². The summed E-state index contributed by atoms with van der Waals surface area (Å²) < 4.78 is 15.7. The van der Waals surface area contributed by atoms with Crippen LogP contribution in [-0.4, -0.2) is 25.2 Å². The molecule has 0 aliphatic carbocycles. The normalized spacial score (nSPS) is 10.7. The van der Waals surface area contributed by atoms with Crippen molar-refractivity contribution in [3.05, 3.63) is 29.3 Å². The molecular formula is C19H23NO5. The first kappa shape index (κ1) is 20.2. The van der Waals surface area contributed by atoms with Gasteiger partial charge in [-0.3, -0.25) is 4.79 Å². The molecule has 25 heavy (non-hydrogen) atoms. The second-order valence-electron chi connectivity index (χ2n) is 5.11. The number of carbonyl (C=O) groups excluding carboxylic acids is 2. The molecule has 0 bridgehead atoms. The number of ether oxygens (including phenoxy) is 3. The van der Waals surface area contributed by atoms with E-state index in [0.717, 1.165) is 12.8 Å². The highest BCUT2D eigenvalue weighted by Gasteiger charge is 2.13. The van der Waals surface area contributed by atoms with E-state index in [9.17, 15) is 9.59 Å². The van der Waals surface area contributed by atoms with Crippen molar-refractivity contribution in [2.24, 2.45) is 0 Å². The van der Waals surface area contributed by atoms with Gasteiger partial charge in [-0.1, -0.05) is 19.4 Å². The van der Waals surface area contributed by atoms with Crippen molar-refractivity contribution < 1.29 is 23.8 Å². The van der Waals surface area contributed by atoms with Crippen LogP contribution in [0.15, 0.2) is 23.8 Å². The van der Waals surface area contributed by atoms with Crippen molar-refractivity contribution in [3.8, 4) is 17.6 Å². The third kappa shape index (κ3) is 6.68. The molecule has 0 atom stereocenters. The second-order valence-corrected chi connectivity index (χ2v) is 5.11. The number of nitriles is 1. The van der Waals surface area contributed by atoms with E-state index in [0.29, 0.717) is 30.1 Å². The fraction of sp³-hybridized carbons (Fsp3) is 0.421. The van der Waals surface area contributed by atoms with E-state index in [1.54, 1.807) is 25.1 Å². The van der Waals surface area contributed by atoms with Crippen LogP contribution in [0.4, 0.5) is 0 Å². The maximum atomic E-state index is 11.8. The lowest BCUT2D eigenvalue weighted by Crippen LogP contribution is -2.09. The topological polar surface area (TPSA) is 85.6 Å². The van der Waals surface area contributed by atoms with E-state index in [1.807, 2.05) is 19.9 Å². The molecule has 0 radical (unpaired) electrons. The molecule has 6 nitrogen and oxygen atoms in total. The van der Waals surface area contributed by atoms with Gasteiger partial charge in [0.2, 0.25) is 0 Å². The number of esters is 2. The summed E-state index contributed by atoms with van der Waals surface area (Å²) in [5.74, 6) is -0.314. The van der Waals surface area contributed by atoms with Gasteiger partial charge in [-0.15, -0.1) is 0 Å². The number of carbonyl (C=O) groups is 2. The van der Waals surface area contributed by atoms with Crippen LogP contribution in [0, 0.1) is 11.3 Å². The van der Waals surface area contributed by atoms with Crippen LogP contribution < -0.4 is 9.47 Å². The quantitative estimate of drug-likeness (QED) is 0.294. The van der Waals surface area contributed by atoms with Crippen molar-refractivity contribution in [1.82, 2.24) is 0 Å². The molecule has 0 heterocycles. The van der Waals surface area contributed by atoms with Gasteiger partial charge in [0.15, 0.2) is 11.5 Å². The highest BCUT2D eigenvalue weighted by molar-refractivity contribution is 5.98. The van der Waals surface area contributed by atoms with E-state index >= 15 is 0 Å². The zero-order valence-electron chi connectivity index (χ0n) is 14.8. The van der Waals surface area contributed by atoms with Gasteiger partial charge in [-0.2, -0.15) is 5.26 Å². The lowest BCUT2D eigenvalue weighted by Gasteiger charge is -2.11. The van der Waals surface area contributed by atoms with Crippen LogP contribution in [0.5, 0.6) is 11.5 Å². The van der Waals surface area contributed by atoms with Crippen molar-refractivity contribution in [1.29, 1.82) is 5.26 Å². The SMILES string of the molecule is CCCCC(=O)Oc1ccc(/C=C(\C#N)C(=O)OCC)cc1OCC. The third-order valence-corrected chi connectivity index (χ3v) is 3.15. The van der Waals surface area contributed by atoms with Gasteiger partial charge in [0.25, 0.3) is 0 Å². The van der Waals surface area contributed by atoms with E-state index in [4.69, 9.17) is 19.5 Å². The molecule has 6 heteroatoms. The summed E-state index contributed by atoms with van der Waals surface area (Å²) in [4.78, 5) is 23.5. The molecule has 1 rings (SSSR count). The number of hydrogen-bond acceptors (Lipinski definition) is 6. The molecule has 0 saturated heterocycles. The highest BCUT2D eigenvalue weighted by atomic mass is 16.6. The zero-order valence-corrected chi connectivity index (χ0v) is 14.8. The number of rotatable bonds is 9. The van der Waals surface area contributed by atoms with Crippen LogP contribution in [0.1, 0.15) is 45.6 Å². The van der Waals surface area contributed by atoms with E-state index in [1.165, 1.54) is 6.08 Å². The second kappa shape index (κ2) is 10.9. The molecule has 0 aliphatic rings. The average molecular weight is 345 g/mol. The predicted molar refractivity (Wildman–Crippen MR) is 93.0 cm³/mol. The van der Waals surface area contributed by atoms with Crippen LogP contribution >= 0.6 is 0 Å². The molecule has 0 spiro atoms. The average Bonchev–Trinajstić information content (AvgIpc) is 2.60. The Morgan fingerprint density at radius 1 is 1.16 bits per heavy atom. The van der Waals surface area contributed by atoms with Crippen LogP contribution in [0.25, 0.3) is 6.08 Å². The van der Waals surface area contributed by atoms with Crippen molar-refractivity contribution in [3.63, 3.8) is 0 Å². The Morgan fingerprint density at radius 2 is 1.92 bits per heavy atom. The third-order valence-electron chi connectivity index (χ3n) is 3.15. The summed E-state index contributed by atoms with van der Waals surface area (Å²) >= 11 is 0. The Morgan fingerprint density at radius 3 is 2.52 bits per heavy atom. The largest absolute Gasteiger partial charge is 0.490 e. The molecule has 0 fully saturated rings. The summed E-state index contributed by atoms with van der Waals surface area (Å²) in [5.41, 5.74) is 0.457. The van der Waals surface area contributed by atoms with Crippen molar-refractivity contribution in [2.75, 3.05) is 13.2 Å². The van der Waals surface area contributed by atoms with Gasteiger partial charge in [0, 0.05) is 6.42 Å². The Labute approximate surface area is 148 Å². The molecule has 0 unspecified atom stereocenters. The van der Waals surface area contributed by atoms with Crippen molar-refractivity contribution >= 4 is 18.0 Å². The first-order chi connectivity index (χ1) is 12.0. The lowest BCUT2D eigenvalue weighted by atomic mass is 10.1. The van der Waals surface area contributed by atoms with Gasteiger partial charge in [-0.05, 0) is 44.0 Å². The van der Waals surface area contributed by atoms with Gasteiger partial charge < -0.3 is 14.2 Å². The predicted octanol–water partition coefficient (Wildman–Crippen LogP) is 3.65. The summed E-state index contributed by atoms with van der Waals surface area (Å²) in [7, 11) is 0. The molecule has 0 aliphatic heterocycles. The first-order valence-corrected chi connectivity index (χ1v) is 8.32. The molecular weight excluding hydrogens is 322 g/mol. The number of nitrogens with zero attached hydrogens (tertiary/aromatic N) is 1. The summed E-state index contributed by atoms with van der Waals surface area (Å²) in [6, 6.07) is 6.66. The molecule has 0 aromatic heterocycles. The summed E-state index contributed by atoms with van der Waals surface area (Å²) in [6.45, 7) is 6.05. The number of unbranched alkanes of at least 4 members (excludes halogenated alkanes) is 1. The van der Waals surface area contributed by atoms with Gasteiger partial charge >= 0.3 is 11.9 Å². The van der Waals surface area contributed by atoms with Crippen molar-refractivity contribution in [2.45, 2.75) is 40.0 Å². The van der Waals surface area contributed by atoms with Gasteiger partial charge in [0.05, 0.1) is 13.2 Å². The maximum Gasteiger partial charge on any atom is 0.348 e. The molecule has 1 aromatic carbocycles. The number of benzene rings is 1. The Bertz CT molecular complexity index is 673. The van der Waals surface area contributed by atoms with Crippen LogP contribution in [-0.2, 0) is 14.3 Å². The zero-order chi connectivity index (χ0) is 18.7. The van der Waals surface area contributed by atoms with Crippen LogP contribution in [0.3, 0.4) is 0 Å². The fourth-order valence-electron chi connectivity index (χ4n) is 1.97. The standard InChI is InChI=1S/C19H23NO5/c1-4-7-8-18(21)25-16-10-9-14(12-17(16)23-5-2)11-15(13-20)19(22)24-6-3/h9-12H,4-8H2,1-3H3/b15-11+. The van der Waals surface area contributed by atoms with Gasteiger partial charge in [-0.25, -0.2) is 4.79 Å². The molecule has 0 saturated carbocycles. The highest BCUT2D eigenvalue weighted by Crippen LogP contribution is 2.30. The van der Waals surface area contributed by atoms with E-state index < -0.39 is 5.97 Å². The molecule has 134 valence electrons. The van der Waals surface area contributed by atoms with E-state index in [-0.39, 0.29) is 18.1 Å². The summed E-state index contributed by atoms with van der Waals surface area (Å²) in [5, 5.41) is 9.09. The molecule has 0 amide bonds. The Kier molecular flexibility index (Phi) is 8.80. The summed E-state index contributed by atoms with van der Waals surface area (Å²) in [6.07, 6.45) is 3.41. The minimum Gasteiger partial charge on any atom is -0.490 e. The smallest absolute Gasteiger partial charge is 0.348 e. The minimum atomic E-state index is -0.682. The Hall–Kier alpha value is -2.81. The van der Waals surface area contributed by atoms with Gasteiger partial charge in [0.1, 0.15) is 11.6 Å². The Balaban J connectivity index is 3.05. The fourth-order valence-corrected chi connectivity index (χ4v) is 1.97. The molecule has 1 aromatic rings. The molecule has 0 N–H and O–H groups in total. The maximum absolute atomic E-state index is 11.8. The number of hydrogen-bond donors (Lipinski definition) is 0. The monoisotopic (exact) mass is 345 g/mol. The lowest BCUT2D eigenvalue weighted by molar-refractivity contribution is -0.138. The minimum absolute atomic E-state index is 0.114. The van der Waals surface area contributed by atoms with E-state index in [2.05, 4.69) is 0 Å².